The Morgan fingerprint density at radius 1 is 0.558 bits per heavy atom. The molecule has 2 saturated heterocycles. The molecule has 10 atom stereocenters. The summed E-state index contributed by atoms with van der Waals surface area (Å²) >= 11 is 0. The number of aromatic nitrogens is 8. The van der Waals surface area contributed by atoms with Crippen LogP contribution in [-0.4, -0.2) is 193 Å². The fourth-order valence-corrected chi connectivity index (χ4v) is 11.4. The Morgan fingerprint density at radius 2 is 0.965 bits per heavy atom. The van der Waals surface area contributed by atoms with Crippen LogP contribution in [0.15, 0.2) is 73.8 Å². The van der Waals surface area contributed by atoms with Crippen molar-refractivity contribution < 1.29 is 114 Å². The van der Waals surface area contributed by atoms with Gasteiger partial charge in [-0.2, -0.15) is 8.62 Å². The average molecular weight is 1290 g/mol. The van der Waals surface area contributed by atoms with Crippen molar-refractivity contribution in [2.75, 3.05) is 75.6 Å². The first-order chi connectivity index (χ1) is 40.6. The molecular weight excluding hydrogens is 1240 g/mol. The third kappa shape index (κ3) is 17.4. The minimum atomic E-state index is -5.43. The number of benzene rings is 2. The van der Waals surface area contributed by atoms with E-state index in [0.717, 1.165) is 12.7 Å². The maximum Gasteiger partial charge on any atom is 0.481 e. The summed E-state index contributed by atoms with van der Waals surface area (Å²) in [6.45, 7) is -1.99. The van der Waals surface area contributed by atoms with Gasteiger partial charge in [0.15, 0.2) is 47.6 Å². The molecule has 0 bridgehead atoms. The number of para-hydroxylation sites is 2. The van der Waals surface area contributed by atoms with Crippen LogP contribution in [0.1, 0.15) is 33.2 Å². The molecule has 6 heterocycles. The fourth-order valence-electron chi connectivity index (χ4n) is 8.20. The number of phosphoric acid groups is 4. The van der Waals surface area contributed by atoms with Gasteiger partial charge in [0.25, 0.3) is 11.8 Å². The van der Waals surface area contributed by atoms with E-state index in [4.69, 9.17) is 50.0 Å². The molecule has 4 aromatic heterocycles. The molecule has 0 radical (unpaired) electrons. The third-order valence-corrected chi connectivity index (χ3v) is 16.2. The highest BCUT2D eigenvalue weighted by Gasteiger charge is 2.51. The Bertz CT molecular complexity index is 3590. The smallest absolute Gasteiger partial charge is 0.440 e. The number of anilines is 4. The highest BCUT2D eigenvalue weighted by atomic mass is 31.3. The number of aliphatic hydroxyl groups is 2. The van der Waals surface area contributed by atoms with Gasteiger partial charge in [-0.15, -0.1) is 0 Å². The Hall–Kier alpha value is -7.42. The lowest BCUT2D eigenvalue weighted by molar-refractivity contribution is -0.0522. The SMILES string of the molecule is CNc1ccccc1C(=O)NCCNC(=O)O[C@@H]1[C@H](O)[C@@H](COP(=O)(O)OP(=O)(O)O)O[C@H]1n1cnc2c(N)ncnc21.CNc1ccccc1C(=O)NCCNC(=O)O[C@H]1[C@@H](O)[C@H](n2cnc3c(N)ncnc32)O[C@@H]1COP(=O)(O)OP(=O)(O)O. The zero-order valence-electron chi connectivity index (χ0n) is 44.4. The maximum absolute atomic E-state index is 12.7. The largest absolute Gasteiger partial charge is 0.481 e. The van der Waals surface area contributed by atoms with Gasteiger partial charge in [-0.3, -0.25) is 27.8 Å². The van der Waals surface area contributed by atoms with Crippen LogP contribution in [0, 0.1) is 0 Å². The van der Waals surface area contributed by atoms with Gasteiger partial charge >= 0.3 is 43.5 Å². The van der Waals surface area contributed by atoms with Crippen LogP contribution < -0.4 is 43.4 Å². The van der Waals surface area contributed by atoms with Gasteiger partial charge in [0.05, 0.1) is 37.0 Å². The Morgan fingerprint density at radius 3 is 1.42 bits per heavy atom. The predicted octanol–water partition coefficient (Wildman–Crippen LogP) is -1.08. The second-order valence-corrected chi connectivity index (χ2v) is 23.3. The quantitative estimate of drug-likeness (QED) is 0.0253. The van der Waals surface area contributed by atoms with Crippen molar-refractivity contribution in [1.29, 1.82) is 0 Å². The van der Waals surface area contributed by atoms with Crippen molar-refractivity contribution in [3.63, 3.8) is 0 Å². The molecule has 86 heavy (non-hydrogen) atoms. The monoisotopic (exact) mass is 1290 g/mol. The van der Waals surface area contributed by atoms with E-state index < -0.39 is 112 Å². The molecule has 2 unspecified atom stereocenters. The van der Waals surface area contributed by atoms with Crippen molar-refractivity contribution in [3.8, 4) is 0 Å². The van der Waals surface area contributed by atoms with E-state index in [9.17, 15) is 57.4 Å². The topological polar surface area (TPSA) is 584 Å². The van der Waals surface area contributed by atoms with Crippen LogP contribution in [0.2, 0.25) is 0 Å². The van der Waals surface area contributed by atoms with Gasteiger partial charge < -0.3 is 102 Å². The number of ether oxygens (including phenoxy) is 4. The number of imidazole rings is 2. The first kappa shape index (κ1) is 66.1. The zero-order chi connectivity index (χ0) is 62.7. The van der Waals surface area contributed by atoms with Crippen molar-refractivity contribution in [3.05, 3.63) is 85.0 Å². The number of carbonyl (C=O) groups is 4. The number of hydrogen-bond donors (Lipinski definition) is 16. The summed E-state index contributed by atoms with van der Waals surface area (Å²) in [5.74, 6) is -0.740. The molecule has 8 rings (SSSR count). The third-order valence-electron chi connectivity index (χ3n) is 11.9. The lowest BCUT2D eigenvalue weighted by Gasteiger charge is -2.22. The van der Waals surface area contributed by atoms with Gasteiger partial charge in [-0.1, -0.05) is 24.3 Å². The number of alkyl carbamates (subject to hydrolysis) is 2. The number of phosphoric ester groups is 2. The van der Waals surface area contributed by atoms with Crippen LogP contribution >= 0.6 is 31.3 Å². The summed E-state index contributed by atoms with van der Waals surface area (Å²) in [4.78, 5) is 129. The fraction of sp³-hybridized carbons (Fsp3) is 0.381. The van der Waals surface area contributed by atoms with Gasteiger partial charge in [-0.25, -0.2) is 57.8 Å². The normalized spacial score (nSPS) is 21.7. The number of amides is 4. The van der Waals surface area contributed by atoms with Crippen LogP contribution in [-0.2, 0) is 54.9 Å². The number of hydrogen-bond acceptors (Lipinski definition) is 28. The molecule has 0 spiro atoms. The molecule has 18 N–H and O–H groups in total. The van der Waals surface area contributed by atoms with Crippen LogP contribution in [0.4, 0.5) is 32.6 Å². The van der Waals surface area contributed by atoms with Crippen molar-refractivity contribution in [2.24, 2.45) is 0 Å². The molecule has 2 aromatic carbocycles. The Labute approximate surface area is 483 Å². The highest BCUT2D eigenvalue weighted by Crippen LogP contribution is 2.59. The Kier molecular flexibility index (Phi) is 21.8. The summed E-state index contributed by atoms with van der Waals surface area (Å²) in [5, 5.41) is 37.8. The van der Waals surface area contributed by atoms with Gasteiger partial charge in [0.1, 0.15) is 48.1 Å². The number of nitrogens with two attached hydrogens (primary N) is 2. The number of nitrogen functional groups attached to an aromatic ring is 2. The highest BCUT2D eigenvalue weighted by molar-refractivity contribution is 7.61. The van der Waals surface area contributed by atoms with E-state index in [1.807, 2.05) is 0 Å². The molecule has 2 fully saturated rings. The minimum absolute atomic E-state index is 0.000425. The van der Waals surface area contributed by atoms with E-state index in [1.54, 1.807) is 62.6 Å². The van der Waals surface area contributed by atoms with Gasteiger partial charge in [-0.05, 0) is 24.3 Å². The molecule has 4 amide bonds. The van der Waals surface area contributed by atoms with E-state index in [1.165, 1.54) is 21.8 Å². The van der Waals surface area contributed by atoms with Crippen LogP contribution in [0.3, 0.4) is 0 Å². The standard InChI is InChI=1S/2C21H28N8O12P2/c1-23-12-5-3-2-4-11(12)19(31)24-6-7-25-21(32)40-16-13(8-38-43(36,37)41-42(33,34)35)39-20(15(16)30)29-10-28-14-17(22)26-9-27-18(14)29;1-23-12-5-3-2-4-11(12)19(31)24-6-7-25-21(32)40-16-15(30)13(8-38-43(36,37)41-42(33,34)35)39-20(16)29-10-28-14-17(22)26-9-27-18(14)29/h2*2-5,9-10,13,15-16,20,23,30H,6-8H2,1H3,(H,24,31)(H,25,32)(H,36,37)(H2,22,26,27)(H2,33,34,35)/t2*13-,15-,16-,20-/m11/s1. The molecule has 0 saturated carbocycles. The first-order valence-corrected chi connectivity index (χ1v) is 30.6. The Balaban J connectivity index is 0.000000246. The van der Waals surface area contributed by atoms with E-state index >= 15 is 0 Å². The number of nitrogens with one attached hydrogen (secondary N) is 6. The first-order valence-electron chi connectivity index (χ1n) is 24.6. The van der Waals surface area contributed by atoms with Gasteiger partial charge in [0.2, 0.25) is 0 Å². The zero-order valence-corrected chi connectivity index (χ0v) is 48.0. The number of fused-ring (bicyclic) bond motifs is 2. The predicted molar refractivity (Wildman–Crippen MR) is 290 cm³/mol. The number of carbonyl (C=O) groups excluding carboxylic acids is 4. The van der Waals surface area contributed by atoms with Gasteiger partial charge in [0, 0.05) is 51.6 Å². The summed E-state index contributed by atoms with van der Waals surface area (Å²) < 4.78 is 87.2. The second-order valence-electron chi connectivity index (χ2n) is 17.6. The molecule has 40 nitrogen and oxygen atoms in total. The summed E-state index contributed by atoms with van der Waals surface area (Å²) in [5.41, 5.74) is 14.2. The maximum atomic E-state index is 12.7. The number of aliphatic hydroxyl groups excluding tert-OH is 2. The van der Waals surface area contributed by atoms with Crippen LogP contribution in [0.25, 0.3) is 22.3 Å². The van der Waals surface area contributed by atoms with Crippen molar-refractivity contribution in [2.45, 2.75) is 49.1 Å². The second kappa shape index (κ2) is 28.4. The summed E-state index contributed by atoms with van der Waals surface area (Å²) in [6.07, 6.45) is -9.45. The van der Waals surface area contributed by atoms with E-state index in [2.05, 4.69) is 79.5 Å². The number of nitrogens with zero attached hydrogens (tertiary/aromatic N) is 8. The van der Waals surface area contributed by atoms with Crippen LogP contribution in [0.5, 0.6) is 0 Å². The molecular formula is C42H56N16O24P4. The number of rotatable bonds is 24. The lowest BCUT2D eigenvalue weighted by Crippen LogP contribution is -2.42. The average Bonchev–Trinajstić information content (AvgIpc) is 2.12. The van der Waals surface area contributed by atoms with E-state index in [0.29, 0.717) is 22.5 Å². The molecule has 6 aromatic rings. The van der Waals surface area contributed by atoms with Crippen molar-refractivity contribution >= 4 is 101 Å². The molecule has 2 aliphatic rings. The molecule has 2 aliphatic heterocycles. The summed E-state index contributed by atoms with van der Waals surface area (Å²) in [6, 6.07) is 13.6. The molecule has 44 heteroatoms. The van der Waals surface area contributed by atoms with E-state index in [-0.39, 0.29) is 66.0 Å². The summed E-state index contributed by atoms with van der Waals surface area (Å²) in [7, 11) is -18.1. The van der Waals surface area contributed by atoms with Crippen molar-refractivity contribution in [1.82, 2.24) is 60.3 Å². The lowest BCUT2D eigenvalue weighted by atomic mass is 10.1. The molecule has 0 aliphatic carbocycles. The molecule has 468 valence electrons. The minimum Gasteiger partial charge on any atom is -0.440 e.